The normalized spacial score (nSPS) is 9.62. The van der Waals surface area contributed by atoms with Crippen LogP contribution < -0.4 is 0 Å². The van der Waals surface area contributed by atoms with Gasteiger partial charge in [-0.1, -0.05) is 0 Å². The van der Waals surface area contributed by atoms with Gasteiger partial charge in [0, 0.05) is 12.4 Å². The number of hydrogen-bond acceptors (Lipinski definition) is 2. The van der Waals surface area contributed by atoms with Gasteiger partial charge in [-0.25, -0.2) is 2.51 Å². The Balaban J connectivity index is 2.50. The first kappa shape index (κ1) is 6.44. The van der Waals surface area contributed by atoms with Gasteiger partial charge in [0.2, 0.25) is 0 Å². The molecular weight excluding hydrogens is 237 g/mol. The summed E-state index contributed by atoms with van der Waals surface area (Å²) in [6, 6.07) is 3.89. The first-order valence-electron chi connectivity index (χ1n) is 2.02. The van der Waals surface area contributed by atoms with Crippen LogP contribution in [0.25, 0.3) is 0 Å². The number of aromatic nitrogens is 1. The largest absolute Gasteiger partial charge is 0.275 e. The first-order valence-corrected chi connectivity index (χ1v) is 3.60. The molecule has 0 atom stereocenters. The lowest BCUT2D eigenvalue weighted by molar-refractivity contribution is 0.828. The summed E-state index contributed by atoms with van der Waals surface area (Å²) in [7, 11) is 0. The molecule has 0 aromatic carbocycles. The van der Waals surface area contributed by atoms with Crippen molar-refractivity contribution in [1.29, 1.82) is 0 Å². The molecule has 0 aliphatic rings. The maximum atomic E-state index is 4.74. The molecule has 0 radical (unpaired) electrons. The van der Waals surface area contributed by atoms with Crippen molar-refractivity contribution in [2.45, 2.75) is 0 Å². The highest BCUT2D eigenvalue weighted by molar-refractivity contribution is 14.1. The third-order valence-corrected chi connectivity index (χ3v) is 1.65. The summed E-state index contributed by atoms with van der Waals surface area (Å²) >= 11 is 3.12. The lowest BCUT2D eigenvalue weighted by Gasteiger charge is -1.91. The van der Waals surface area contributed by atoms with Crippen LogP contribution in [0.4, 0.5) is 0 Å². The number of halogens is 1. The standard InChI is InChI=1S/C4H4INOS/c5-7-8-6-3-1-2-4-6/h1-4H. The topological polar surface area (TPSA) is 14.2 Å². The molecule has 0 bridgehead atoms. The van der Waals surface area contributed by atoms with Crippen molar-refractivity contribution in [3.05, 3.63) is 24.5 Å². The van der Waals surface area contributed by atoms with Crippen molar-refractivity contribution in [2.24, 2.45) is 0 Å². The van der Waals surface area contributed by atoms with Gasteiger partial charge in [0.15, 0.2) is 0 Å². The SMILES string of the molecule is IOSn1cccc1. The van der Waals surface area contributed by atoms with Crippen LogP contribution in [0.15, 0.2) is 24.5 Å². The Morgan fingerprint density at radius 2 is 2.00 bits per heavy atom. The summed E-state index contributed by atoms with van der Waals surface area (Å²) in [5.41, 5.74) is 0. The third-order valence-electron chi connectivity index (χ3n) is 0.691. The summed E-state index contributed by atoms with van der Waals surface area (Å²) < 4.78 is 6.60. The van der Waals surface area contributed by atoms with E-state index in [1.165, 1.54) is 12.2 Å². The Labute approximate surface area is 66.2 Å². The fraction of sp³-hybridized carbons (Fsp3) is 0. The molecule has 0 N–H and O–H groups in total. The van der Waals surface area contributed by atoms with E-state index in [0.717, 1.165) is 0 Å². The van der Waals surface area contributed by atoms with Gasteiger partial charge in [-0.05, 0) is 12.1 Å². The van der Waals surface area contributed by atoms with E-state index < -0.39 is 0 Å². The van der Waals surface area contributed by atoms with Gasteiger partial charge in [-0.2, -0.15) is 0 Å². The molecule has 0 aliphatic heterocycles. The van der Waals surface area contributed by atoms with Crippen molar-refractivity contribution in [1.82, 2.24) is 3.97 Å². The molecule has 2 nitrogen and oxygen atoms in total. The molecule has 1 rings (SSSR count). The van der Waals surface area contributed by atoms with Gasteiger partial charge in [0.05, 0.1) is 0 Å². The van der Waals surface area contributed by atoms with E-state index in [0.29, 0.717) is 0 Å². The van der Waals surface area contributed by atoms with Crippen LogP contribution in [-0.2, 0) is 2.51 Å². The average Bonchev–Trinajstić information content (AvgIpc) is 2.19. The second kappa shape index (κ2) is 3.37. The van der Waals surface area contributed by atoms with Crippen molar-refractivity contribution in [3.63, 3.8) is 0 Å². The Morgan fingerprint density at radius 3 is 2.50 bits per heavy atom. The Kier molecular flexibility index (Phi) is 2.71. The van der Waals surface area contributed by atoms with Gasteiger partial charge in [0.25, 0.3) is 0 Å². The molecular formula is C4H4INOS. The van der Waals surface area contributed by atoms with Crippen molar-refractivity contribution in [2.75, 3.05) is 0 Å². The van der Waals surface area contributed by atoms with E-state index in [1.54, 1.807) is 0 Å². The van der Waals surface area contributed by atoms with Crippen molar-refractivity contribution >= 4 is 35.2 Å². The highest BCUT2D eigenvalue weighted by atomic mass is 127. The minimum absolute atomic E-state index is 1.29. The highest BCUT2D eigenvalue weighted by Gasteiger charge is 1.84. The minimum atomic E-state index is 1.29. The molecule has 0 saturated heterocycles. The second-order valence-corrected chi connectivity index (χ2v) is 2.96. The minimum Gasteiger partial charge on any atom is -0.275 e. The third kappa shape index (κ3) is 1.68. The summed E-state index contributed by atoms with van der Waals surface area (Å²) in [6.07, 6.45) is 3.84. The van der Waals surface area contributed by atoms with Gasteiger partial charge >= 0.3 is 0 Å². The van der Waals surface area contributed by atoms with Crippen LogP contribution in [-0.4, -0.2) is 3.97 Å². The van der Waals surface area contributed by atoms with E-state index in [9.17, 15) is 0 Å². The molecule has 1 heterocycles. The van der Waals surface area contributed by atoms with Crippen LogP contribution in [0, 0.1) is 0 Å². The highest BCUT2D eigenvalue weighted by Crippen LogP contribution is 2.10. The van der Waals surface area contributed by atoms with Crippen LogP contribution >= 0.6 is 35.2 Å². The van der Waals surface area contributed by atoms with Gasteiger partial charge < -0.3 is 0 Å². The van der Waals surface area contributed by atoms with Crippen LogP contribution in [0.5, 0.6) is 0 Å². The lowest BCUT2D eigenvalue weighted by atomic mass is 10.7. The Bertz CT molecular complexity index is 142. The average molecular weight is 241 g/mol. The summed E-state index contributed by atoms with van der Waals surface area (Å²) in [6.45, 7) is 0. The quantitative estimate of drug-likeness (QED) is 0.582. The molecule has 0 saturated carbocycles. The summed E-state index contributed by atoms with van der Waals surface area (Å²) in [5, 5.41) is 0. The van der Waals surface area contributed by atoms with Gasteiger partial charge in [-0.15, -0.1) is 0 Å². The van der Waals surface area contributed by atoms with Gasteiger partial charge in [-0.3, -0.25) is 3.97 Å². The molecule has 0 aliphatic carbocycles. The van der Waals surface area contributed by atoms with E-state index in [2.05, 4.69) is 0 Å². The van der Waals surface area contributed by atoms with E-state index in [1.807, 2.05) is 51.5 Å². The maximum absolute atomic E-state index is 4.74. The predicted molar refractivity (Wildman–Crippen MR) is 42.5 cm³/mol. The van der Waals surface area contributed by atoms with E-state index >= 15 is 0 Å². The molecule has 1 aromatic heterocycles. The van der Waals surface area contributed by atoms with Crippen molar-refractivity contribution in [3.8, 4) is 0 Å². The summed E-state index contributed by atoms with van der Waals surface area (Å²) in [4.78, 5) is 0. The molecule has 0 amide bonds. The Hall–Kier alpha value is 0.320. The zero-order chi connectivity index (χ0) is 5.82. The molecule has 0 unspecified atom stereocenters. The van der Waals surface area contributed by atoms with Crippen LogP contribution in [0.1, 0.15) is 0 Å². The Morgan fingerprint density at radius 1 is 1.38 bits per heavy atom. The zero-order valence-electron chi connectivity index (χ0n) is 3.95. The molecule has 1 aromatic rings. The van der Waals surface area contributed by atoms with E-state index in [-0.39, 0.29) is 0 Å². The summed E-state index contributed by atoms with van der Waals surface area (Å²) in [5.74, 6) is 0. The van der Waals surface area contributed by atoms with Crippen molar-refractivity contribution < 1.29 is 2.51 Å². The van der Waals surface area contributed by atoms with Crippen LogP contribution in [0.3, 0.4) is 0 Å². The second-order valence-electron chi connectivity index (χ2n) is 1.18. The monoisotopic (exact) mass is 241 g/mol. The zero-order valence-corrected chi connectivity index (χ0v) is 6.93. The van der Waals surface area contributed by atoms with E-state index in [4.69, 9.17) is 2.51 Å². The lowest BCUT2D eigenvalue weighted by Crippen LogP contribution is -1.74. The first-order chi connectivity index (χ1) is 3.93. The smallest absolute Gasteiger partial charge is 0.129 e. The molecule has 8 heavy (non-hydrogen) atoms. The number of rotatable bonds is 2. The number of hydrogen-bond donors (Lipinski definition) is 0. The molecule has 44 valence electrons. The van der Waals surface area contributed by atoms with Gasteiger partial charge in [0.1, 0.15) is 35.2 Å². The fourth-order valence-corrected chi connectivity index (χ4v) is 1.26. The molecule has 0 fully saturated rings. The fourth-order valence-electron chi connectivity index (χ4n) is 0.401. The number of nitrogens with zero attached hydrogens (tertiary/aromatic N) is 1. The molecule has 0 spiro atoms. The molecule has 4 heteroatoms. The predicted octanol–water partition coefficient (Wildman–Crippen LogP) is 2.27. The van der Waals surface area contributed by atoms with Crippen LogP contribution in [0.2, 0.25) is 0 Å². The maximum Gasteiger partial charge on any atom is 0.129 e.